The largest absolute Gasteiger partial charge is 0.508 e. The van der Waals surface area contributed by atoms with Crippen LogP contribution in [0.3, 0.4) is 0 Å². The lowest BCUT2D eigenvalue weighted by atomic mass is 9.97. The SMILES string of the molecule is O=C(N[C@H](C=C1CCN(c2ccccc2CN2CCCCC2=O)CC1)Cc1ccc(Cl)cc1)c1cc(=O)c2c(O)cc(O)cc2o1. The molecule has 1 aromatic heterocycles. The van der Waals surface area contributed by atoms with Gasteiger partial charge in [0.25, 0.3) is 5.91 Å². The smallest absolute Gasteiger partial charge is 0.287 e. The van der Waals surface area contributed by atoms with Crippen molar-refractivity contribution in [3.63, 3.8) is 0 Å². The van der Waals surface area contributed by atoms with E-state index in [1.165, 1.54) is 11.6 Å². The molecule has 46 heavy (non-hydrogen) atoms. The number of carbonyl (C=O) groups is 2. The Morgan fingerprint density at radius 3 is 2.48 bits per heavy atom. The number of nitrogens with one attached hydrogen (secondary N) is 1. The van der Waals surface area contributed by atoms with Crippen LogP contribution >= 0.6 is 11.6 Å². The van der Waals surface area contributed by atoms with Gasteiger partial charge in [-0.2, -0.15) is 0 Å². The minimum Gasteiger partial charge on any atom is -0.508 e. The Morgan fingerprint density at radius 2 is 1.72 bits per heavy atom. The minimum absolute atomic E-state index is 0.0833. The molecule has 3 N–H and O–H groups in total. The van der Waals surface area contributed by atoms with E-state index in [9.17, 15) is 24.6 Å². The molecule has 6 rings (SSSR count). The number of phenols is 2. The van der Waals surface area contributed by atoms with E-state index in [-0.39, 0.29) is 28.4 Å². The van der Waals surface area contributed by atoms with E-state index in [0.717, 1.165) is 74.3 Å². The maximum absolute atomic E-state index is 13.4. The van der Waals surface area contributed by atoms with Crippen molar-refractivity contribution in [1.29, 1.82) is 0 Å². The number of fused-ring (bicyclic) bond motifs is 1. The van der Waals surface area contributed by atoms with Gasteiger partial charge in [-0.1, -0.05) is 53.6 Å². The molecule has 1 atom stereocenters. The third kappa shape index (κ3) is 7.21. The average molecular weight is 642 g/mol. The van der Waals surface area contributed by atoms with E-state index < -0.39 is 23.1 Å². The summed E-state index contributed by atoms with van der Waals surface area (Å²) in [7, 11) is 0. The lowest BCUT2D eigenvalue weighted by Crippen LogP contribution is -2.37. The van der Waals surface area contributed by atoms with Gasteiger partial charge in [0.05, 0.1) is 6.04 Å². The van der Waals surface area contributed by atoms with Crippen LogP contribution in [0.4, 0.5) is 5.69 Å². The third-order valence-corrected chi connectivity index (χ3v) is 8.91. The second kappa shape index (κ2) is 13.7. The summed E-state index contributed by atoms with van der Waals surface area (Å²) in [6, 6.07) is 18.6. The number of likely N-dealkylation sites (tertiary alicyclic amines) is 1. The van der Waals surface area contributed by atoms with E-state index in [2.05, 4.69) is 28.4 Å². The highest BCUT2D eigenvalue weighted by Gasteiger charge is 2.23. The second-order valence-corrected chi connectivity index (χ2v) is 12.4. The van der Waals surface area contributed by atoms with Gasteiger partial charge >= 0.3 is 0 Å². The molecule has 3 heterocycles. The van der Waals surface area contributed by atoms with Gasteiger partial charge in [0.2, 0.25) is 5.91 Å². The molecule has 0 saturated carbocycles. The number of halogens is 1. The van der Waals surface area contributed by atoms with Gasteiger partial charge < -0.3 is 29.7 Å². The topological polar surface area (TPSA) is 123 Å². The first-order valence-electron chi connectivity index (χ1n) is 15.6. The Labute approximate surface area is 271 Å². The molecule has 0 radical (unpaired) electrons. The van der Waals surface area contributed by atoms with Crippen LogP contribution in [0.2, 0.25) is 5.02 Å². The fraction of sp³-hybridized carbons (Fsp3) is 0.306. The van der Waals surface area contributed by atoms with Crippen LogP contribution in [0.1, 0.15) is 53.8 Å². The molecule has 0 spiro atoms. The van der Waals surface area contributed by atoms with Crippen LogP contribution in [0.15, 0.2) is 87.6 Å². The van der Waals surface area contributed by atoms with E-state index in [4.69, 9.17) is 16.0 Å². The van der Waals surface area contributed by atoms with E-state index in [1.807, 2.05) is 29.2 Å². The van der Waals surface area contributed by atoms with Crippen molar-refractivity contribution in [1.82, 2.24) is 10.2 Å². The molecular formula is C36H36ClN3O6. The van der Waals surface area contributed by atoms with Crippen molar-refractivity contribution < 1.29 is 24.2 Å². The zero-order valence-corrected chi connectivity index (χ0v) is 26.1. The molecule has 3 aromatic carbocycles. The summed E-state index contributed by atoms with van der Waals surface area (Å²) in [4.78, 5) is 42.9. The molecule has 238 valence electrons. The summed E-state index contributed by atoms with van der Waals surface area (Å²) >= 11 is 6.11. The summed E-state index contributed by atoms with van der Waals surface area (Å²) < 4.78 is 5.66. The summed E-state index contributed by atoms with van der Waals surface area (Å²) in [5.74, 6) is -1.30. The number of para-hydroxylation sites is 1. The quantitative estimate of drug-likeness (QED) is 0.204. The van der Waals surface area contributed by atoms with Crippen LogP contribution in [0.5, 0.6) is 11.5 Å². The highest BCUT2D eigenvalue weighted by molar-refractivity contribution is 6.30. The van der Waals surface area contributed by atoms with Crippen LogP contribution in [0.25, 0.3) is 11.0 Å². The average Bonchev–Trinajstić information content (AvgIpc) is 3.03. The number of hydrogen-bond donors (Lipinski definition) is 3. The number of rotatable bonds is 8. The molecule has 2 aliphatic heterocycles. The molecule has 2 aliphatic rings. The molecule has 2 fully saturated rings. The molecule has 0 aliphatic carbocycles. The van der Waals surface area contributed by atoms with Gasteiger partial charge in [0.15, 0.2) is 11.2 Å². The number of benzene rings is 3. The van der Waals surface area contributed by atoms with Gasteiger partial charge in [0, 0.05) is 61.5 Å². The molecule has 0 bridgehead atoms. The third-order valence-electron chi connectivity index (χ3n) is 8.66. The Hall–Kier alpha value is -4.76. The number of phenolic OH excluding ortho intramolecular Hbond substituents is 2. The number of amides is 2. The van der Waals surface area contributed by atoms with E-state index >= 15 is 0 Å². The van der Waals surface area contributed by atoms with Gasteiger partial charge in [-0.25, -0.2) is 0 Å². The Balaban J connectivity index is 1.20. The first kappa shape index (κ1) is 31.2. The van der Waals surface area contributed by atoms with Gasteiger partial charge in [-0.05, 0) is 61.4 Å². The molecule has 10 heteroatoms. The Kier molecular flexibility index (Phi) is 9.30. The first-order valence-corrected chi connectivity index (χ1v) is 16.0. The second-order valence-electron chi connectivity index (χ2n) is 11.9. The Bertz CT molecular complexity index is 1840. The number of nitrogens with zero attached hydrogens (tertiary/aromatic N) is 2. The van der Waals surface area contributed by atoms with Crippen molar-refractivity contribution in [2.24, 2.45) is 0 Å². The van der Waals surface area contributed by atoms with Crippen LogP contribution < -0.4 is 15.6 Å². The molecule has 0 unspecified atom stereocenters. The van der Waals surface area contributed by atoms with Crippen LogP contribution in [-0.2, 0) is 17.8 Å². The van der Waals surface area contributed by atoms with Crippen molar-refractivity contribution in [2.75, 3.05) is 24.5 Å². The monoisotopic (exact) mass is 641 g/mol. The zero-order valence-electron chi connectivity index (χ0n) is 25.4. The van der Waals surface area contributed by atoms with Crippen molar-refractivity contribution in [2.45, 2.75) is 51.1 Å². The lowest BCUT2D eigenvalue weighted by Gasteiger charge is -2.34. The Morgan fingerprint density at radius 1 is 0.957 bits per heavy atom. The number of hydrogen-bond acceptors (Lipinski definition) is 7. The fourth-order valence-corrected chi connectivity index (χ4v) is 6.43. The lowest BCUT2D eigenvalue weighted by molar-refractivity contribution is -0.133. The summed E-state index contributed by atoms with van der Waals surface area (Å²) in [6.45, 7) is 3.01. The fourth-order valence-electron chi connectivity index (χ4n) is 6.30. The van der Waals surface area contributed by atoms with Crippen molar-refractivity contribution >= 4 is 40.1 Å². The molecular weight excluding hydrogens is 606 g/mol. The summed E-state index contributed by atoms with van der Waals surface area (Å²) in [6.07, 6.45) is 6.79. The maximum atomic E-state index is 13.4. The minimum atomic E-state index is -0.589. The van der Waals surface area contributed by atoms with Gasteiger partial charge in [-0.15, -0.1) is 0 Å². The standard InChI is InChI=1S/C36H36ClN3O6/c37-26-10-8-23(9-11-26)17-27(38-36(45)33-21-31(43)35-30(42)19-28(41)20-32(35)46-33)18-24-12-15-39(16-13-24)29-6-2-1-5-25(29)22-40-14-4-3-7-34(40)44/h1-2,5-6,8-11,18-21,27,41-42H,3-4,7,12-17,22H2,(H,38,45)/t27-/m0/s1. The normalized spacial score (nSPS) is 16.0. The molecule has 9 nitrogen and oxygen atoms in total. The number of aromatic hydroxyl groups is 2. The van der Waals surface area contributed by atoms with Gasteiger partial charge in [0.1, 0.15) is 22.5 Å². The van der Waals surface area contributed by atoms with E-state index in [0.29, 0.717) is 24.4 Å². The molecule has 4 aromatic rings. The maximum Gasteiger partial charge on any atom is 0.287 e. The number of piperidine rings is 2. The first-order chi connectivity index (χ1) is 22.2. The summed E-state index contributed by atoms with van der Waals surface area (Å²) in [5.41, 5.74) is 3.80. The predicted molar refractivity (Wildman–Crippen MR) is 177 cm³/mol. The van der Waals surface area contributed by atoms with Crippen molar-refractivity contribution in [3.8, 4) is 11.5 Å². The summed E-state index contributed by atoms with van der Waals surface area (Å²) in [5, 5.41) is 23.5. The number of anilines is 1. The predicted octanol–water partition coefficient (Wildman–Crippen LogP) is 5.94. The van der Waals surface area contributed by atoms with Crippen molar-refractivity contribution in [3.05, 3.63) is 111 Å². The highest BCUT2D eigenvalue weighted by Crippen LogP contribution is 2.30. The van der Waals surface area contributed by atoms with Crippen LogP contribution in [-0.4, -0.2) is 52.6 Å². The van der Waals surface area contributed by atoms with E-state index in [1.54, 1.807) is 12.1 Å². The van der Waals surface area contributed by atoms with Gasteiger partial charge in [-0.3, -0.25) is 14.4 Å². The zero-order chi connectivity index (χ0) is 32.2. The number of carbonyl (C=O) groups excluding carboxylic acids is 2. The highest BCUT2D eigenvalue weighted by atomic mass is 35.5. The molecule has 2 saturated heterocycles. The molecule has 2 amide bonds. The van der Waals surface area contributed by atoms with Crippen LogP contribution in [0, 0.1) is 0 Å².